The van der Waals surface area contributed by atoms with Gasteiger partial charge in [0.25, 0.3) is 0 Å². The molecule has 20 heavy (non-hydrogen) atoms. The van der Waals surface area contributed by atoms with E-state index in [4.69, 9.17) is 0 Å². The van der Waals surface area contributed by atoms with Crippen molar-refractivity contribution in [3.05, 3.63) is 29.8 Å². The molecule has 0 spiro atoms. The largest absolute Gasteiger partial charge is 0.312 e. The van der Waals surface area contributed by atoms with Crippen molar-refractivity contribution in [3.63, 3.8) is 0 Å². The molecule has 1 saturated carbocycles. The molecule has 1 aromatic rings. The third-order valence-electron chi connectivity index (χ3n) is 4.99. The quantitative estimate of drug-likeness (QED) is 0.896. The summed E-state index contributed by atoms with van der Waals surface area (Å²) in [5.74, 6) is 1.63. The van der Waals surface area contributed by atoms with E-state index in [-0.39, 0.29) is 11.9 Å². The van der Waals surface area contributed by atoms with Gasteiger partial charge in [0.2, 0.25) is 0 Å². The minimum Gasteiger partial charge on any atom is -0.312 e. The molecule has 1 N–H and O–H groups in total. The van der Waals surface area contributed by atoms with Crippen molar-refractivity contribution < 1.29 is 4.39 Å². The van der Waals surface area contributed by atoms with Crippen molar-refractivity contribution >= 4 is 0 Å². The van der Waals surface area contributed by atoms with Gasteiger partial charge in [-0.15, -0.1) is 0 Å². The number of hydrogen-bond acceptors (Lipinski definition) is 3. The second-order valence-electron chi connectivity index (χ2n) is 6.24. The molecule has 3 rings (SSSR count). The first-order valence-electron chi connectivity index (χ1n) is 7.77. The maximum absolute atomic E-state index is 12.9. The monoisotopic (exact) mass is 277 g/mol. The van der Waals surface area contributed by atoms with E-state index in [0.717, 1.165) is 30.5 Å². The van der Waals surface area contributed by atoms with Gasteiger partial charge in [-0.2, -0.15) is 0 Å². The Hall–Kier alpha value is -1.00. The zero-order valence-electron chi connectivity index (χ0n) is 12.2. The molecule has 2 heterocycles. The van der Waals surface area contributed by atoms with Crippen LogP contribution in [0, 0.1) is 17.7 Å². The average molecular weight is 277 g/mol. The van der Waals surface area contributed by atoms with E-state index in [9.17, 15) is 4.39 Å². The molecule has 0 bridgehead atoms. The molecular formula is C16H24FN3. The molecule has 1 aliphatic carbocycles. The number of fused-ring (bicyclic) bond motifs is 1. The van der Waals surface area contributed by atoms with Crippen LogP contribution in [-0.2, 0) is 0 Å². The lowest BCUT2D eigenvalue weighted by Crippen LogP contribution is -2.27. The Morgan fingerprint density at radius 3 is 2.70 bits per heavy atom. The fraction of sp³-hybridized carbons (Fsp3) is 0.688. The Labute approximate surface area is 120 Å². The highest BCUT2D eigenvalue weighted by molar-refractivity contribution is 5.09. The van der Waals surface area contributed by atoms with Crippen molar-refractivity contribution in [2.75, 3.05) is 26.7 Å². The maximum atomic E-state index is 12.9. The van der Waals surface area contributed by atoms with E-state index in [0.29, 0.717) is 0 Å². The van der Waals surface area contributed by atoms with E-state index in [1.54, 1.807) is 6.07 Å². The molecule has 4 heteroatoms. The summed E-state index contributed by atoms with van der Waals surface area (Å²) in [5.41, 5.74) is 0.938. The molecule has 1 saturated heterocycles. The first-order chi connectivity index (χ1) is 9.76. The molecule has 1 aromatic heterocycles. The highest BCUT2D eigenvalue weighted by Crippen LogP contribution is 2.37. The third kappa shape index (κ3) is 3.01. The molecule has 0 radical (unpaired) electrons. The summed E-state index contributed by atoms with van der Waals surface area (Å²) in [5, 5.41) is 3.30. The van der Waals surface area contributed by atoms with Crippen LogP contribution in [0.25, 0.3) is 0 Å². The van der Waals surface area contributed by atoms with Gasteiger partial charge in [0, 0.05) is 19.6 Å². The number of pyridine rings is 1. The Morgan fingerprint density at radius 1 is 1.35 bits per heavy atom. The predicted octanol–water partition coefficient (Wildman–Crippen LogP) is 2.60. The first-order valence-corrected chi connectivity index (χ1v) is 7.77. The summed E-state index contributed by atoms with van der Waals surface area (Å²) >= 11 is 0. The second-order valence-corrected chi connectivity index (χ2v) is 6.24. The zero-order valence-corrected chi connectivity index (χ0v) is 12.2. The lowest BCUT2D eigenvalue weighted by atomic mass is 10.0. The third-order valence-corrected chi connectivity index (χ3v) is 4.99. The van der Waals surface area contributed by atoms with Crippen LogP contribution >= 0.6 is 0 Å². The number of nitrogens with one attached hydrogen (secondary N) is 1. The molecule has 2 fully saturated rings. The predicted molar refractivity (Wildman–Crippen MR) is 77.9 cm³/mol. The number of nitrogens with zero attached hydrogens (tertiary/aromatic N) is 2. The van der Waals surface area contributed by atoms with E-state index in [2.05, 4.69) is 15.2 Å². The van der Waals surface area contributed by atoms with Gasteiger partial charge in [-0.3, -0.25) is 4.98 Å². The van der Waals surface area contributed by atoms with Gasteiger partial charge in [-0.25, -0.2) is 4.39 Å². The lowest BCUT2D eigenvalue weighted by molar-refractivity contribution is 0.290. The minimum atomic E-state index is -0.268. The fourth-order valence-electron chi connectivity index (χ4n) is 3.86. The van der Waals surface area contributed by atoms with Gasteiger partial charge in [0.05, 0.1) is 17.9 Å². The van der Waals surface area contributed by atoms with E-state index < -0.39 is 0 Å². The zero-order chi connectivity index (χ0) is 13.9. The smallest absolute Gasteiger partial charge is 0.141 e. The number of hydrogen-bond donors (Lipinski definition) is 1. The van der Waals surface area contributed by atoms with E-state index in [1.807, 2.05) is 7.05 Å². The Balaban J connectivity index is 1.52. The topological polar surface area (TPSA) is 28.2 Å². The standard InChI is InChI=1S/C16H24FN3/c1-18-15(16-6-5-14(17)9-19-16)7-8-20-10-12-3-2-4-13(12)11-20/h5-6,9,12-13,15,18H,2-4,7-8,10-11H2,1H3. The Kier molecular flexibility index (Phi) is 4.32. The summed E-state index contributed by atoms with van der Waals surface area (Å²) in [6.45, 7) is 3.66. The molecule has 0 amide bonds. The van der Waals surface area contributed by atoms with Crippen LogP contribution < -0.4 is 5.32 Å². The minimum absolute atomic E-state index is 0.219. The van der Waals surface area contributed by atoms with Crippen molar-refractivity contribution in [1.82, 2.24) is 15.2 Å². The summed E-state index contributed by atoms with van der Waals surface area (Å²) in [6, 6.07) is 3.50. The van der Waals surface area contributed by atoms with Crippen LogP contribution in [0.15, 0.2) is 18.3 Å². The molecule has 3 unspecified atom stereocenters. The van der Waals surface area contributed by atoms with Gasteiger partial charge in [0.1, 0.15) is 5.82 Å². The normalized spacial score (nSPS) is 27.7. The SMILES string of the molecule is CNC(CCN1CC2CCCC2C1)c1ccc(F)cn1. The number of halogens is 1. The Bertz CT molecular complexity index is 422. The van der Waals surface area contributed by atoms with Crippen LogP contribution in [0.2, 0.25) is 0 Å². The molecule has 110 valence electrons. The van der Waals surface area contributed by atoms with Gasteiger partial charge < -0.3 is 10.2 Å². The highest BCUT2D eigenvalue weighted by atomic mass is 19.1. The van der Waals surface area contributed by atoms with E-state index in [1.165, 1.54) is 44.6 Å². The van der Waals surface area contributed by atoms with Crippen LogP contribution in [0.4, 0.5) is 4.39 Å². The van der Waals surface area contributed by atoms with Gasteiger partial charge in [0.15, 0.2) is 0 Å². The molecular weight excluding hydrogens is 253 g/mol. The van der Waals surface area contributed by atoms with Crippen molar-refractivity contribution in [2.24, 2.45) is 11.8 Å². The van der Waals surface area contributed by atoms with Crippen molar-refractivity contribution in [3.8, 4) is 0 Å². The Morgan fingerprint density at radius 2 is 2.10 bits per heavy atom. The second kappa shape index (κ2) is 6.19. The number of likely N-dealkylation sites (tertiary alicyclic amines) is 1. The van der Waals surface area contributed by atoms with Crippen LogP contribution in [0.3, 0.4) is 0 Å². The van der Waals surface area contributed by atoms with Crippen molar-refractivity contribution in [2.45, 2.75) is 31.7 Å². The first kappa shape index (κ1) is 14.0. The van der Waals surface area contributed by atoms with Crippen molar-refractivity contribution in [1.29, 1.82) is 0 Å². The highest BCUT2D eigenvalue weighted by Gasteiger charge is 2.35. The average Bonchev–Trinajstić information content (AvgIpc) is 3.02. The number of rotatable bonds is 5. The maximum Gasteiger partial charge on any atom is 0.141 e. The number of aromatic nitrogens is 1. The van der Waals surface area contributed by atoms with Crippen LogP contribution in [0.5, 0.6) is 0 Å². The molecule has 3 nitrogen and oxygen atoms in total. The fourth-order valence-corrected chi connectivity index (χ4v) is 3.86. The van der Waals surface area contributed by atoms with Gasteiger partial charge in [-0.1, -0.05) is 6.42 Å². The summed E-state index contributed by atoms with van der Waals surface area (Å²) < 4.78 is 12.9. The summed E-state index contributed by atoms with van der Waals surface area (Å²) in [4.78, 5) is 6.80. The lowest BCUT2D eigenvalue weighted by Gasteiger charge is -2.21. The van der Waals surface area contributed by atoms with E-state index >= 15 is 0 Å². The molecule has 3 atom stereocenters. The van der Waals surface area contributed by atoms with Gasteiger partial charge in [-0.05, 0) is 50.3 Å². The molecule has 1 aliphatic heterocycles. The van der Waals surface area contributed by atoms with Crippen LogP contribution in [0.1, 0.15) is 37.4 Å². The summed E-state index contributed by atoms with van der Waals surface area (Å²) in [6.07, 6.45) is 6.63. The summed E-state index contributed by atoms with van der Waals surface area (Å²) in [7, 11) is 1.95. The molecule has 0 aromatic carbocycles. The molecule has 2 aliphatic rings. The van der Waals surface area contributed by atoms with Crippen LogP contribution in [-0.4, -0.2) is 36.6 Å². The van der Waals surface area contributed by atoms with Gasteiger partial charge >= 0.3 is 0 Å².